The quantitative estimate of drug-likeness (QED) is 0.325. The summed E-state index contributed by atoms with van der Waals surface area (Å²) >= 11 is 0. The van der Waals surface area contributed by atoms with Gasteiger partial charge in [0.1, 0.15) is 5.82 Å². The molecule has 27 heavy (non-hydrogen) atoms. The topological polar surface area (TPSA) is 81.6 Å². The highest BCUT2D eigenvalue weighted by atomic mass is 127. The number of likely N-dealkylation sites (tertiary alicyclic amines) is 1. The van der Waals surface area contributed by atoms with Gasteiger partial charge in [-0.2, -0.15) is 0 Å². The number of carbonyl (C=O) groups excluding carboxylic acids is 1. The van der Waals surface area contributed by atoms with Crippen LogP contribution in [0.3, 0.4) is 0 Å². The molecule has 2 rings (SSSR count). The van der Waals surface area contributed by atoms with Crippen LogP contribution in [0.15, 0.2) is 23.3 Å². The number of amides is 1. The van der Waals surface area contributed by atoms with E-state index in [0.717, 1.165) is 24.6 Å². The Labute approximate surface area is 179 Å². The van der Waals surface area contributed by atoms with Crippen molar-refractivity contribution in [1.82, 2.24) is 20.5 Å². The predicted molar refractivity (Wildman–Crippen MR) is 122 cm³/mol. The number of aryl methyl sites for hydroxylation is 1. The van der Waals surface area contributed by atoms with Crippen LogP contribution in [0.2, 0.25) is 0 Å². The molecule has 1 aromatic rings. The first-order valence-electron chi connectivity index (χ1n) is 9.32. The molecule has 0 spiro atoms. The zero-order valence-corrected chi connectivity index (χ0v) is 19.3. The van der Waals surface area contributed by atoms with Gasteiger partial charge in [0.05, 0.1) is 0 Å². The molecule has 1 fully saturated rings. The second-order valence-corrected chi connectivity index (χ2v) is 7.29. The molecule has 7 nitrogen and oxygen atoms in total. The summed E-state index contributed by atoms with van der Waals surface area (Å²) in [5.74, 6) is 1.82. The summed E-state index contributed by atoms with van der Waals surface area (Å²) in [6.45, 7) is 11.3. The number of rotatable bonds is 6. The fraction of sp³-hybridized carbons (Fsp3) is 0.632. The Morgan fingerprint density at radius 3 is 2.67 bits per heavy atom. The highest BCUT2D eigenvalue weighted by Gasteiger charge is 2.31. The molecule has 1 amide bonds. The molecule has 152 valence electrons. The molecule has 0 bridgehead atoms. The van der Waals surface area contributed by atoms with Crippen molar-refractivity contribution < 1.29 is 4.79 Å². The van der Waals surface area contributed by atoms with Crippen molar-refractivity contribution in [1.29, 1.82) is 0 Å². The number of hydrogen-bond donors (Lipinski definition) is 3. The zero-order chi connectivity index (χ0) is 19.1. The number of anilines is 1. The van der Waals surface area contributed by atoms with Gasteiger partial charge >= 0.3 is 0 Å². The van der Waals surface area contributed by atoms with Gasteiger partial charge in [-0.25, -0.2) is 4.98 Å². The SMILES string of the molecule is CN=C(NCCC(=O)Nc1ccc(C)cn1)NC1CN(C(C)C)CC1C.I. The van der Waals surface area contributed by atoms with Gasteiger partial charge in [0.2, 0.25) is 5.91 Å². The number of carbonyl (C=O) groups is 1. The average Bonchev–Trinajstić information content (AvgIpc) is 2.97. The molecule has 1 aliphatic heterocycles. The Morgan fingerprint density at radius 1 is 1.37 bits per heavy atom. The number of aromatic nitrogens is 1. The van der Waals surface area contributed by atoms with Gasteiger partial charge in [0.25, 0.3) is 0 Å². The highest BCUT2D eigenvalue weighted by molar-refractivity contribution is 14.0. The van der Waals surface area contributed by atoms with Crippen LogP contribution in [0.4, 0.5) is 5.82 Å². The molecule has 3 N–H and O–H groups in total. The Morgan fingerprint density at radius 2 is 2.11 bits per heavy atom. The van der Waals surface area contributed by atoms with E-state index in [2.05, 4.69) is 51.6 Å². The fourth-order valence-corrected chi connectivity index (χ4v) is 3.03. The minimum Gasteiger partial charge on any atom is -0.356 e. The van der Waals surface area contributed by atoms with Gasteiger partial charge in [0, 0.05) is 51.4 Å². The Kier molecular flexibility index (Phi) is 10.00. The monoisotopic (exact) mass is 488 g/mol. The molecule has 1 aliphatic rings. The Balaban J connectivity index is 0.00000364. The molecule has 0 radical (unpaired) electrons. The minimum atomic E-state index is -0.0653. The van der Waals surface area contributed by atoms with E-state index in [1.165, 1.54) is 0 Å². The maximum atomic E-state index is 12.0. The van der Waals surface area contributed by atoms with Crippen LogP contribution in [-0.2, 0) is 4.79 Å². The van der Waals surface area contributed by atoms with Crippen LogP contribution < -0.4 is 16.0 Å². The maximum absolute atomic E-state index is 12.0. The van der Waals surface area contributed by atoms with Crippen LogP contribution in [0.5, 0.6) is 0 Å². The second-order valence-electron chi connectivity index (χ2n) is 7.29. The van der Waals surface area contributed by atoms with Gasteiger partial charge in [-0.15, -0.1) is 24.0 Å². The summed E-state index contributed by atoms with van der Waals surface area (Å²) in [6, 6.07) is 4.66. The van der Waals surface area contributed by atoms with E-state index in [0.29, 0.717) is 36.8 Å². The van der Waals surface area contributed by atoms with Crippen LogP contribution in [0.25, 0.3) is 0 Å². The smallest absolute Gasteiger partial charge is 0.227 e. The van der Waals surface area contributed by atoms with Crippen molar-refractivity contribution >= 4 is 41.7 Å². The van der Waals surface area contributed by atoms with Crippen LogP contribution in [-0.4, -0.2) is 60.5 Å². The molecule has 1 aromatic heterocycles. The molecule has 2 heterocycles. The van der Waals surface area contributed by atoms with E-state index in [1.54, 1.807) is 13.2 Å². The largest absolute Gasteiger partial charge is 0.356 e. The minimum absolute atomic E-state index is 0. The zero-order valence-electron chi connectivity index (χ0n) is 17.0. The van der Waals surface area contributed by atoms with Crippen LogP contribution in [0.1, 0.15) is 32.8 Å². The number of nitrogens with zero attached hydrogens (tertiary/aromatic N) is 3. The molecule has 0 saturated carbocycles. The summed E-state index contributed by atoms with van der Waals surface area (Å²) in [6.07, 6.45) is 2.09. The number of guanidine groups is 1. The first-order chi connectivity index (χ1) is 12.4. The van der Waals surface area contributed by atoms with E-state index < -0.39 is 0 Å². The normalized spacial score (nSPS) is 20.3. The molecule has 2 atom stereocenters. The van der Waals surface area contributed by atoms with Gasteiger partial charge in [0.15, 0.2) is 5.96 Å². The van der Waals surface area contributed by atoms with E-state index in [4.69, 9.17) is 0 Å². The molecule has 1 saturated heterocycles. The summed E-state index contributed by atoms with van der Waals surface area (Å²) in [5, 5.41) is 9.51. The lowest BCUT2D eigenvalue weighted by Gasteiger charge is -2.21. The first-order valence-corrected chi connectivity index (χ1v) is 9.32. The first kappa shape index (κ1) is 23.6. The lowest BCUT2D eigenvalue weighted by Crippen LogP contribution is -2.47. The number of hydrogen-bond acceptors (Lipinski definition) is 4. The van der Waals surface area contributed by atoms with Gasteiger partial charge in [-0.1, -0.05) is 13.0 Å². The molecular formula is C19H33IN6O. The van der Waals surface area contributed by atoms with Crippen molar-refractivity contribution in [3.63, 3.8) is 0 Å². The summed E-state index contributed by atoms with van der Waals surface area (Å²) in [7, 11) is 1.76. The molecular weight excluding hydrogens is 455 g/mol. The Hall–Kier alpha value is -1.42. The number of halogens is 1. The third kappa shape index (κ3) is 7.61. The van der Waals surface area contributed by atoms with E-state index >= 15 is 0 Å². The van der Waals surface area contributed by atoms with Crippen LogP contribution >= 0.6 is 24.0 Å². The van der Waals surface area contributed by atoms with Crippen molar-refractivity contribution in [3.05, 3.63) is 23.9 Å². The third-order valence-corrected chi connectivity index (χ3v) is 4.74. The van der Waals surface area contributed by atoms with Gasteiger partial charge < -0.3 is 16.0 Å². The summed E-state index contributed by atoms with van der Waals surface area (Å²) in [5.41, 5.74) is 1.07. The predicted octanol–water partition coefficient (Wildman–Crippen LogP) is 2.23. The summed E-state index contributed by atoms with van der Waals surface area (Å²) < 4.78 is 0. The van der Waals surface area contributed by atoms with Crippen molar-refractivity contribution in [2.45, 2.75) is 46.2 Å². The van der Waals surface area contributed by atoms with Crippen molar-refractivity contribution in [2.75, 3.05) is 32.0 Å². The average molecular weight is 488 g/mol. The van der Waals surface area contributed by atoms with Gasteiger partial charge in [-0.3, -0.25) is 14.7 Å². The van der Waals surface area contributed by atoms with Crippen molar-refractivity contribution in [3.8, 4) is 0 Å². The number of pyridine rings is 1. The fourth-order valence-electron chi connectivity index (χ4n) is 3.03. The second kappa shape index (κ2) is 11.4. The standard InChI is InChI=1S/C19H32N6O.HI/c1-13(2)25-11-15(4)16(12-25)23-19(20-5)21-9-8-18(26)24-17-7-6-14(3)10-22-17;/h6-7,10,13,15-16H,8-9,11-12H2,1-5H3,(H2,20,21,23)(H,22,24,26);1H. The molecule has 0 aliphatic carbocycles. The van der Waals surface area contributed by atoms with E-state index in [-0.39, 0.29) is 29.9 Å². The highest BCUT2D eigenvalue weighted by Crippen LogP contribution is 2.18. The summed E-state index contributed by atoms with van der Waals surface area (Å²) in [4.78, 5) is 23.0. The van der Waals surface area contributed by atoms with Crippen molar-refractivity contribution in [2.24, 2.45) is 10.9 Å². The number of nitrogens with one attached hydrogen (secondary N) is 3. The molecule has 2 unspecified atom stereocenters. The van der Waals surface area contributed by atoms with E-state index in [9.17, 15) is 4.79 Å². The maximum Gasteiger partial charge on any atom is 0.227 e. The van der Waals surface area contributed by atoms with E-state index in [1.807, 2.05) is 19.1 Å². The lowest BCUT2D eigenvalue weighted by atomic mass is 10.1. The third-order valence-electron chi connectivity index (χ3n) is 4.74. The Bertz CT molecular complexity index is 619. The van der Waals surface area contributed by atoms with Gasteiger partial charge in [-0.05, 0) is 38.3 Å². The molecule has 8 heteroatoms. The molecule has 0 aromatic carbocycles. The van der Waals surface area contributed by atoms with Crippen LogP contribution in [0, 0.1) is 12.8 Å². The lowest BCUT2D eigenvalue weighted by molar-refractivity contribution is -0.116. The number of aliphatic imine (C=N–C) groups is 1.